The van der Waals surface area contributed by atoms with Crippen LogP contribution in [0.3, 0.4) is 0 Å². The van der Waals surface area contributed by atoms with E-state index >= 15 is 0 Å². The van der Waals surface area contributed by atoms with Gasteiger partial charge in [-0.2, -0.15) is 0 Å². The van der Waals surface area contributed by atoms with Crippen molar-refractivity contribution in [3.63, 3.8) is 0 Å². The van der Waals surface area contributed by atoms with Crippen LogP contribution < -0.4 is 4.74 Å². The molecule has 3 aromatic rings. The second kappa shape index (κ2) is 7.21. The molecular formula is C19H12BrF2NO3. The normalized spacial score (nSPS) is 10.6. The number of carbonyl (C=O) groups is 1. The number of aromatic nitrogens is 1. The Balaban J connectivity index is 2.06. The average Bonchev–Trinajstić information content (AvgIpc) is 2.59. The zero-order valence-corrected chi connectivity index (χ0v) is 15.0. The quantitative estimate of drug-likeness (QED) is 0.598. The molecule has 3 rings (SSSR count). The van der Waals surface area contributed by atoms with Crippen molar-refractivity contribution in [2.45, 2.75) is 6.92 Å². The molecule has 2 aromatic carbocycles. The second-order valence-corrected chi connectivity index (χ2v) is 6.41. The number of hydrogen-bond acceptors (Lipinski definition) is 3. The van der Waals surface area contributed by atoms with Gasteiger partial charge in [-0.1, -0.05) is 28.1 Å². The van der Waals surface area contributed by atoms with Crippen LogP contribution in [0.25, 0.3) is 11.3 Å². The van der Waals surface area contributed by atoms with Crippen molar-refractivity contribution in [3.05, 3.63) is 75.8 Å². The summed E-state index contributed by atoms with van der Waals surface area (Å²) in [6.07, 6.45) is 0. The summed E-state index contributed by atoms with van der Waals surface area (Å²) >= 11 is 3.13. The molecule has 7 heteroatoms. The maximum atomic E-state index is 14.0. The fraction of sp³-hybridized carbons (Fsp3) is 0.0526. The first kappa shape index (κ1) is 18.0. The number of aryl methyl sites for hydroxylation is 1. The second-order valence-electron chi connectivity index (χ2n) is 5.50. The Hall–Kier alpha value is -2.80. The largest absolute Gasteiger partial charge is 0.477 e. The monoisotopic (exact) mass is 419 g/mol. The molecule has 1 heterocycles. The summed E-state index contributed by atoms with van der Waals surface area (Å²) in [6.45, 7) is 1.63. The van der Waals surface area contributed by atoms with Gasteiger partial charge in [-0.05, 0) is 48.9 Å². The Kier molecular flexibility index (Phi) is 4.99. The van der Waals surface area contributed by atoms with Gasteiger partial charge in [-0.25, -0.2) is 18.6 Å². The molecule has 0 bridgehead atoms. The first-order valence-corrected chi connectivity index (χ1v) is 8.28. The van der Waals surface area contributed by atoms with Gasteiger partial charge in [0, 0.05) is 10.0 Å². The van der Waals surface area contributed by atoms with Gasteiger partial charge in [0.25, 0.3) is 0 Å². The van der Waals surface area contributed by atoms with Gasteiger partial charge in [-0.15, -0.1) is 0 Å². The van der Waals surface area contributed by atoms with Gasteiger partial charge < -0.3 is 9.84 Å². The summed E-state index contributed by atoms with van der Waals surface area (Å²) < 4.78 is 33.7. The molecule has 0 aliphatic rings. The molecule has 132 valence electrons. The number of halogens is 3. The number of rotatable bonds is 4. The Labute approximate surface area is 156 Å². The van der Waals surface area contributed by atoms with Crippen molar-refractivity contribution in [1.29, 1.82) is 0 Å². The molecule has 1 aromatic heterocycles. The van der Waals surface area contributed by atoms with Gasteiger partial charge in [0.05, 0.1) is 5.69 Å². The molecule has 0 aliphatic carbocycles. The van der Waals surface area contributed by atoms with E-state index in [9.17, 15) is 18.7 Å². The third-order valence-electron chi connectivity index (χ3n) is 3.66. The molecule has 0 aliphatic heterocycles. The topological polar surface area (TPSA) is 59.4 Å². The van der Waals surface area contributed by atoms with Crippen LogP contribution in [-0.2, 0) is 0 Å². The minimum absolute atomic E-state index is 0.171. The van der Waals surface area contributed by atoms with E-state index in [1.54, 1.807) is 25.1 Å². The lowest BCUT2D eigenvalue weighted by Gasteiger charge is -2.11. The van der Waals surface area contributed by atoms with Crippen LogP contribution in [0.2, 0.25) is 0 Å². The summed E-state index contributed by atoms with van der Waals surface area (Å²) in [6, 6.07) is 11.4. The smallest absolute Gasteiger partial charge is 0.341 e. The molecule has 0 radical (unpaired) electrons. The standard InChI is InChI=1S/C19H12BrF2NO3/c1-10-2-3-11(8-14(10)21)16-6-5-13(19(24)25)18(23-16)26-17-7-4-12(20)9-15(17)22/h2-9H,1H3,(H,24,25). The number of nitrogens with zero attached hydrogens (tertiary/aromatic N) is 1. The van der Waals surface area contributed by atoms with Crippen LogP contribution in [0.1, 0.15) is 15.9 Å². The lowest BCUT2D eigenvalue weighted by atomic mass is 10.1. The Bertz CT molecular complexity index is 1010. The third-order valence-corrected chi connectivity index (χ3v) is 4.15. The number of pyridine rings is 1. The van der Waals surface area contributed by atoms with Crippen molar-refractivity contribution in [1.82, 2.24) is 4.98 Å². The molecule has 0 unspecified atom stereocenters. The molecular weight excluding hydrogens is 408 g/mol. The molecule has 0 saturated heterocycles. The van der Waals surface area contributed by atoms with E-state index in [0.29, 0.717) is 21.3 Å². The van der Waals surface area contributed by atoms with Gasteiger partial charge >= 0.3 is 5.97 Å². The first-order valence-electron chi connectivity index (χ1n) is 7.49. The van der Waals surface area contributed by atoms with Crippen LogP contribution in [0, 0.1) is 18.6 Å². The fourth-order valence-electron chi connectivity index (χ4n) is 2.26. The molecule has 0 amide bonds. The number of benzene rings is 2. The minimum atomic E-state index is -1.27. The molecule has 0 atom stereocenters. The van der Waals surface area contributed by atoms with E-state index in [4.69, 9.17) is 4.74 Å². The van der Waals surface area contributed by atoms with E-state index < -0.39 is 17.6 Å². The summed E-state index contributed by atoms with van der Waals surface area (Å²) in [5.74, 6) is -2.81. The van der Waals surface area contributed by atoms with Gasteiger partial charge in [-0.3, -0.25) is 0 Å². The van der Waals surface area contributed by atoms with Crippen LogP contribution in [0.15, 0.2) is 53.0 Å². The zero-order chi connectivity index (χ0) is 18.8. The van der Waals surface area contributed by atoms with Crippen molar-refractivity contribution in [2.24, 2.45) is 0 Å². The van der Waals surface area contributed by atoms with E-state index in [1.807, 2.05) is 0 Å². The van der Waals surface area contributed by atoms with Crippen molar-refractivity contribution >= 4 is 21.9 Å². The molecule has 4 nitrogen and oxygen atoms in total. The van der Waals surface area contributed by atoms with Crippen molar-refractivity contribution in [2.75, 3.05) is 0 Å². The zero-order valence-electron chi connectivity index (χ0n) is 13.5. The summed E-state index contributed by atoms with van der Waals surface area (Å²) in [5, 5.41) is 9.32. The minimum Gasteiger partial charge on any atom is -0.477 e. The van der Waals surface area contributed by atoms with E-state index in [0.717, 1.165) is 0 Å². The highest BCUT2D eigenvalue weighted by molar-refractivity contribution is 9.10. The van der Waals surface area contributed by atoms with E-state index in [1.165, 1.54) is 30.3 Å². The lowest BCUT2D eigenvalue weighted by Crippen LogP contribution is -2.03. The Morgan fingerprint density at radius 3 is 2.50 bits per heavy atom. The van der Waals surface area contributed by atoms with Crippen molar-refractivity contribution < 1.29 is 23.4 Å². The fourth-order valence-corrected chi connectivity index (χ4v) is 2.59. The van der Waals surface area contributed by atoms with Crippen LogP contribution >= 0.6 is 15.9 Å². The number of aromatic carboxylic acids is 1. The van der Waals surface area contributed by atoms with Crippen molar-refractivity contribution in [3.8, 4) is 22.9 Å². The maximum Gasteiger partial charge on any atom is 0.341 e. The Morgan fingerprint density at radius 2 is 1.85 bits per heavy atom. The Morgan fingerprint density at radius 1 is 1.08 bits per heavy atom. The first-order chi connectivity index (χ1) is 12.3. The summed E-state index contributed by atoms with van der Waals surface area (Å²) in [5.41, 5.74) is 1.00. The average molecular weight is 420 g/mol. The highest BCUT2D eigenvalue weighted by Crippen LogP contribution is 2.30. The molecule has 1 N–H and O–H groups in total. The predicted octanol–water partition coefficient (Wildman–Crippen LogP) is 5.59. The number of ether oxygens (including phenoxy) is 1. The molecule has 0 saturated carbocycles. The summed E-state index contributed by atoms with van der Waals surface area (Å²) in [7, 11) is 0. The predicted molar refractivity (Wildman–Crippen MR) is 95.5 cm³/mol. The molecule has 26 heavy (non-hydrogen) atoms. The van der Waals surface area contributed by atoms with Gasteiger partial charge in [0.15, 0.2) is 11.6 Å². The van der Waals surface area contributed by atoms with Gasteiger partial charge in [0.2, 0.25) is 5.88 Å². The highest BCUT2D eigenvalue weighted by atomic mass is 79.9. The molecule has 0 spiro atoms. The number of carboxylic acid groups (broad SMARTS) is 1. The highest BCUT2D eigenvalue weighted by Gasteiger charge is 2.17. The summed E-state index contributed by atoms with van der Waals surface area (Å²) in [4.78, 5) is 15.6. The molecule has 0 fully saturated rings. The van der Waals surface area contributed by atoms with Crippen LogP contribution in [0.5, 0.6) is 11.6 Å². The number of hydrogen-bond donors (Lipinski definition) is 1. The number of carboxylic acids is 1. The van der Waals surface area contributed by atoms with Crippen LogP contribution in [0.4, 0.5) is 8.78 Å². The SMILES string of the molecule is Cc1ccc(-c2ccc(C(=O)O)c(Oc3ccc(Br)cc3F)n2)cc1F. The van der Waals surface area contributed by atoms with E-state index in [2.05, 4.69) is 20.9 Å². The van der Waals surface area contributed by atoms with Crippen LogP contribution in [-0.4, -0.2) is 16.1 Å². The maximum absolute atomic E-state index is 14.0. The van der Waals surface area contributed by atoms with Gasteiger partial charge in [0.1, 0.15) is 11.4 Å². The van der Waals surface area contributed by atoms with E-state index in [-0.39, 0.29) is 17.2 Å². The lowest BCUT2D eigenvalue weighted by molar-refractivity contribution is 0.0693. The third kappa shape index (κ3) is 3.72.